The van der Waals surface area contributed by atoms with Crippen LogP contribution in [0.2, 0.25) is 0 Å². The lowest BCUT2D eigenvalue weighted by Gasteiger charge is -2.29. The van der Waals surface area contributed by atoms with E-state index in [4.69, 9.17) is 9.47 Å². The Labute approximate surface area is 207 Å². The number of hydrogen-bond acceptors (Lipinski definition) is 6. The lowest BCUT2D eigenvalue weighted by atomic mass is 9.91. The molecule has 9 nitrogen and oxygen atoms in total. The summed E-state index contributed by atoms with van der Waals surface area (Å²) in [6, 6.07) is 6.81. The average Bonchev–Trinajstić information content (AvgIpc) is 2.83. The Kier molecular flexibility index (Phi) is 11.7. The Hall–Kier alpha value is -2.94. The van der Waals surface area contributed by atoms with Gasteiger partial charge in [-0.05, 0) is 43.1 Å². The molecule has 0 aromatic heterocycles. The van der Waals surface area contributed by atoms with E-state index in [1.54, 1.807) is 0 Å². The van der Waals surface area contributed by atoms with E-state index in [0.717, 1.165) is 18.4 Å². The van der Waals surface area contributed by atoms with Gasteiger partial charge >= 0.3 is 5.97 Å². The molecule has 1 saturated heterocycles. The Bertz CT molecular complexity index is 839. The van der Waals surface area contributed by atoms with Crippen molar-refractivity contribution < 1.29 is 28.7 Å². The highest BCUT2D eigenvalue weighted by atomic mass is 16.5. The molecule has 1 aromatic carbocycles. The lowest BCUT2D eigenvalue weighted by Crippen LogP contribution is -2.56. The number of esters is 1. The number of benzene rings is 1. The molecular formula is C26H39N3O6. The molecule has 1 aliphatic heterocycles. The van der Waals surface area contributed by atoms with E-state index in [9.17, 15) is 19.2 Å². The normalized spacial score (nSPS) is 16.6. The van der Waals surface area contributed by atoms with Crippen LogP contribution in [0.3, 0.4) is 0 Å². The van der Waals surface area contributed by atoms with Gasteiger partial charge in [-0.3, -0.25) is 14.4 Å². The summed E-state index contributed by atoms with van der Waals surface area (Å²) in [6.45, 7) is 6.48. The molecule has 3 N–H and O–H groups in total. The van der Waals surface area contributed by atoms with Crippen molar-refractivity contribution in [2.75, 3.05) is 20.3 Å². The van der Waals surface area contributed by atoms with Gasteiger partial charge in [0, 0.05) is 26.6 Å². The van der Waals surface area contributed by atoms with Crippen molar-refractivity contribution in [1.29, 1.82) is 0 Å². The van der Waals surface area contributed by atoms with Gasteiger partial charge in [0.05, 0.1) is 7.11 Å². The zero-order valence-corrected chi connectivity index (χ0v) is 21.2. The predicted molar refractivity (Wildman–Crippen MR) is 131 cm³/mol. The first kappa shape index (κ1) is 28.3. The first-order chi connectivity index (χ1) is 16.7. The molecule has 9 heteroatoms. The van der Waals surface area contributed by atoms with Gasteiger partial charge < -0.3 is 25.4 Å². The summed E-state index contributed by atoms with van der Waals surface area (Å²) in [4.78, 5) is 50.6. The van der Waals surface area contributed by atoms with Gasteiger partial charge in [0.15, 0.2) is 0 Å². The van der Waals surface area contributed by atoms with E-state index in [1.807, 2.05) is 44.2 Å². The SMILES string of the molecule is COC(=O)[C@H](Cc1ccccc1)NC(=O)C(CC1CCOCC1)NC(=O)[C@H](CC(C)C)NC(C)=O. The van der Waals surface area contributed by atoms with Crippen LogP contribution in [0.25, 0.3) is 0 Å². The number of ether oxygens (including phenoxy) is 2. The highest BCUT2D eigenvalue weighted by Gasteiger charge is 2.32. The maximum absolute atomic E-state index is 13.4. The van der Waals surface area contributed by atoms with E-state index >= 15 is 0 Å². The van der Waals surface area contributed by atoms with Crippen LogP contribution in [0, 0.1) is 11.8 Å². The molecule has 0 spiro atoms. The molecule has 1 unspecified atom stereocenters. The number of carbonyl (C=O) groups is 4. The van der Waals surface area contributed by atoms with Crippen LogP contribution in [0.1, 0.15) is 52.0 Å². The minimum absolute atomic E-state index is 0.162. The second-order valence-corrected chi connectivity index (χ2v) is 9.51. The van der Waals surface area contributed by atoms with Gasteiger partial charge in [-0.1, -0.05) is 44.2 Å². The highest BCUT2D eigenvalue weighted by Crippen LogP contribution is 2.21. The van der Waals surface area contributed by atoms with Gasteiger partial charge in [-0.25, -0.2) is 4.79 Å². The Morgan fingerprint density at radius 1 is 0.943 bits per heavy atom. The second-order valence-electron chi connectivity index (χ2n) is 9.51. The third-order valence-electron chi connectivity index (χ3n) is 6.03. The Balaban J connectivity index is 2.19. The molecule has 1 fully saturated rings. The van der Waals surface area contributed by atoms with Crippen molar-refractivity contribution >= 4 is 23.7 Å². The molecule has 0 saturated carbocycles. The van der Waals surface area contributed by atoms with Crippen molar-refractivity contribution in [3.63, 3.8) is 0 Å². The lowest BCUT2D eigenvalue weighted by molar-refractivity contribution is -0.145. The number of amides is 3. The summed E-state index contributed by atoms with van der Waals surface area (Å²) in [5.41, 5.74) is 0.871. The van der Waals surface area contributed by atoms with Crippen molar-refractivity contribution in [2.45, 2.75) is 71.0 Å². The van der Waals surface area contributed by atoms with Crippen molar-refractivity contribution in [2.24, 2.45) is 11.8 Å². The predicted octanol–water partition coefficient (Wildman–Crippen LogP) is 1.74. The van der Waals surface area contributed by atoms with Crippen molar-refractivity contribution in [3.05, 3.63) is 35.9 Å². The standard InChI is InChI=1S/C26H39N3O6/c1-17(2)14-21(27-18(3)30)24(31)28-22(15-20-10-12-35-13-11-20)25(32)29-23(26(33)34-4)16-19-8-6-5-7-9-19/h5-9,17,20-23H,10-16H2,1-4H3,(H,27,30)(H,28,31)(H,29,32)/t21-,22?,23-/m0/s1. The van der Waals surface area contributed by atoms with Gasteiger partial charge in [-0.15, -0.1) is 0 Å². The van der Waals surface area contributed by atoms with E-state index in [2.05, 4.69) is 16.0 Å². The van der Waals surface area contributed by atoms with Crippen LogP contribution < -0.4 is 16.0 Å². The minimum atomic E-state index is -0.897. The minimum Gasteiger partial charge on any atom is -0.467 e. The topological polar surface area (TPSA) is 123 Å². The molecule has 3 amide bonds. The summed E-state index contributed by atoms with van der Waals surface area (Å²) < 4.78 is 10.3. The number of rotatable bonds is 12. The fourth-order valence-electron chi connectivity index (χ4n) is 4.23. The molecule has 0 aliphatic carbocycles. The second kappa shape index (κ2) is 14.5. The molecule has 3 atom stereocenters. The zero-order valence-electron chi connectivity index (χ0n) is 21.2. The summed E-state index contributed by atoms with van der Waals surface area (Å²) in [5.74, 6) is -1.40. The first-order valence-corrected chi connectivity index (χ1v) is 12.3. The number of nitrogens with one attached hydrogen (secondary N) is 3. The van der Waals surface area contributed by atoms with Gasteiger partial charge in [0.2, 0.25) is 17.7 Å². The number of hydrogen-bond donors (Lipinski definition) is 3. The van der Waals surface area contributed by atoms with E-state index in [1.165, 1.54) is 14.0 Å². The molecule has 194 valence electrons. The van der Waals surface area contributed by atoms with Crippen molar-refractivity contribution in [1.82, 2.24) is 16.0 Å². The van der Waals surface area contributed by atoms with Crippen LogP contribution in [0.15, 0.2) is 30.3 Å². The van der Waals surface area contributed by atoms with Gasteiger partial charge in [0.1, 0.15) is 18.1 Å². The van der Waals surface area contributed by atoms with Crippen LogP contribution in [0.5, 0.6) is 0 Å². The third kappa shape index (κ3) is 10.1. The molecule has 2 rings (SSSR count). The summed E-state index contributed by atoms with van der Waals surface area (Å²) in [7, 11) is 1.28. The largest absolute Gasteiger partial charge is 0.467 e. The Morgan fingerprint density at radius 3 is 2.11 bits per heavy atom. The van der Waals surface area contributed by atoms with Crippen LogP contribution in [-0.2, 0) is 35.1 Å². The molecule has 1 aromatic rings. The quantitative estimate of drug-likeness (QED) is 0.385. The van der Waals surface area contributed by atoms with Crippen LogP contribution in [0.4, 0.5) is 0 Å². The summed E-state index contributed by atoms with van der Waals surface area (Å²) in [5, 5.41) is 8.31. The third-order valence-corrected chi connectivity index (χ3v) is 6.03. The van der Waals surface area contributed by atoms with E-state index in [0.29, 0.717) is 26.1 Å². The maximum Gasteiger partial charge on any atom is 0.328 e. The van der Waals surface area contributed by atoms with Crippen molar-refractivity contribution in [3.8, 4) is 0 Å². The number of carbonyl (C=O) groups excluding carboxylic acids is 4. The van der Waals surface area contributed by atoms with E-state index in [-0.39, 0.29) is 24.2 Å². The molecule has 35 heavy (non-hydrogen) atoms. The Morgan fingerprint density at radius 2 is 1.54 bits per heavy atom. The fourth-order valence-corrected chi connectivity index (χ4v) is 4.23. The maximum atomic E-state index is 13.4. The molecule has 1 aliphatic rings. The highest BCUT2D eigenvalue weighted by molar-refractivity contribution is 5.93. The number of methoxy groups -OCH3 is 1. The van der Waals surface area contributed by atoms with Gasteiger partial charge in [0.25, 0.3) is 0 Å². The van der Waals surface area contributed by atoms with Crippen LogP contribution >= 0.6 is 0 Å². The molecule has 0 radical (unpaired) electrons. The van der Waals surface area contributed by atoms with Gasteiger partial charge in [-0.2, -0.15) is 0 Å². The molecule has 0 bridgehead atoms. The zero-order chi connectivity index (χ0) is 25.8. The van der Waals surface area contributed by atoms with E-state index < -0.39 is 35.9 Å². The summed E-state index contributed by atoms with van der Waals surface area (Å²) in [6.07, 6.45) is 2.68. The monoisotopic (exact) mass is 489 g/mol. The summed E-state index contributed by atoms with van der Waals surface area (Å²) >= 11 is 0. The molecule has 1 heterocycles. The fraction of sp³-hybridized carbons (Fsp3) is 0.615. The van der Waals surface area contributed by atoms with Crippen LogP contribution in [-0.4, -0.2) is 62.1 Å². The average molecular weight is 490 g/mol. The smallest absolute Gasteiger partial charge is 0.328 e. The first-order valence-electron chi connectivity index (χ1n) is 12.3. The molecular weight excluding hydrogens is 450 g/mol.